The topological polar surface area (TPSA) is 93.0 Å². The Hall–Kier alpha value is -2.17. The van der Waals surface area contributed by atoms with Gasteiger partial charge in [0, 0.05) is 23.7 Å². The van der Waals surface area contributed by atoms with Crippen LogP contribution in [0.3, 0.4) is 0 Å². The first kappa shape index (κ1) is 24.9. The molecule has 0 aromatic carbocycles. The van der Waals surface area contributed by atoms with Crippen LogP contribution in [-0.4, -0.2) is 62.7 Å². The van der Waals surface area contributed by atoms with Crippen molar-refractivity contribution in [2.75, 3.05) is 30.7 Å². The van der Waals surface area contributed by atoms with Gasteiger partial charge in [-0.15, -0.1) is 0 Å². The summed E-state index contributed by atoms with van der Waals surface area (Å²) < 4.78 is 7.78. The number of imidazole rings is 1. The number of carbonyl (C=O) groups is 3. The first-order valence-corrected chi connectivity index (χ1v) is 13.6. The zero-order valence-corrected chi connectivity index (χ0v) is 22.2. The molecular formula is C25H33IN4O4. The molecule has 2 amide bonds. The summed E-state index contributed by atoms with van der Waals surface area (Å²) in [6.45, 7) is 7.06. The highest BCUT2D eigenvalue weighted by Crippen LogP contribution is 2.62. The predicted molar refractivity (Wildman–Crippen MR) is 137 cm³/mol. The third-order valence-electron chi connectivity index (χ3n) is 7.82. The molecule has 2 aromatic heterocycles. The van der Waals surface area contributed by atoms with Crippen molar-refractivity contribution in [2.45, 2.75) is 40.0 Å². The summed E-state index contributed by atoms with van der Waals surface area (Å²) in [5.74, 6) is 1.03. The maximum absolute atomic E-state index is 13.1. The van der Waals surface area contributed by atoms with Gasteiger partial charge in [-0.2, -0.15) is 0 Å². The summed E-state index contributed by atoms with van der Waals surface area (Å²) in [5, 5.41) is 3.14. The number of alkyl halides is 1. The molecule has 9 heteroatoms. The Morgan fingerprint density at radius 3 is 2.76 bits per heavy atom. The molecule has 8 nitrogen and oxygen atoms in total. The van der Waals surface area contributed by atoms with E-state index in [9.17, 15) is 14.4 Å². The summed E-state index contributed by atoms with van der Waals surface area (Å²) in [5.41, 5.74) is 1.55. The SMILES string of the molecule is CCOC(=O)CN(CC)C(=O)c1cn2c(C(=O)NC[C@@H]3CC[C@H]4C[C@@H]3C4(C)CI)cccc2n1. The lowest BCUT2D eigenvalue weighted by Crippen LogP contribution is -2.57. The molecule has 3 aliphatic rings. The number of nitrogens with one attached hydrogen (secondary N) is 1. The molecule has 1 unspecified atom stereocenters. The lowest BCUT2D eigenvalue weighted by molar-refractivity contribution is -0.143. The number of halogens is 1. The van der Waals surface area contributed by atoms with Crippen molar-refractivity contribution in [2.24, 2.45) is 23.2 Å². The monoisotopic (exact) mass is 580 g/mol. The van der Waals surface area contributed by atoms with Gasteiger partial charge in [-0.3, -0.25) is 18.8 Å². The van der Waals surface area contributed by atoms with Gasteiger partial charge in [0.25, 0.3) is 11.8 Å². The van der Waals surface area contributed by atoms with E-state index < -0.39 is 5.97 Å². The van der Waals surface area contributed by atoms with Crippen LogP contribution < -0.4 is 5.32 Å². The second kappa shape index (κ2) is 10.2. The molecule has 1 N–H and O–H groups in total. The number of hydrogen-bond acceptors (Lipinski definition) is 5. The number of aromatic nitrogens is 2. The van der Waals surface area contributed by atoms with Crippen LogP contribution in [0.2, 0.25) is 0 Å². The molecule has 3 saturated carbocycles. The number of esters is 1. The molecule has 0 radical (unpaired) electrons. The van der Waals surface area contributed by atoms with Gasteiger partial charge in [-0.1, -0.05) is 35.6 Å². The average Bonchev–Trinajstić information content (AvgIpc) is 3.29. The van der Waals surface area contributed by atoms with Gasteiger partial charge in [-0.25, -0.2) is 4.98 Å². The molecule has 5 rings (SSSR count). The molecule has 2 bridgehead atoms. The van der Waals surface area contributed by atoms with E-state index in [2.05, 4.69) is 39.8 Å². The van der Waals surface area contributed by atoms with Crippen LogP contribution in [0.25, 0.3) is 5.65 Å². The number of carbonyl (C=O) groups excluding carboxylic acids is 3. The van der Waals surface area contributed by atoms with Crippen LogP contribution in [0.5, 0.6) is 0 Å². The van der Waals surface area contributed by atoms with Gasteiger partial charge < -0.3 is 15.0 Å². The molecule has 2 heterocycles. The van der Waals surface area contributed by atoms with Crippen LogP contribution in [-0.2, 0) is 9.53 Å². The fourth-order valence-electron chi connectivity index (χ4n) is 5.70. The predicted octanol–water partition coefficient (Wildman–Crippen LogP) is 3.58. The summed E-state index contributed by atoms with van der Waals surface area (Å²) in [6.07, 6.45) is 5.27. The minimum Gasteiger partial charge on any atom is -0.465 e. The van der Waals surface area contributed by atoms with E-state index in [1.807, 2.05) is 0 Å². The molecule has 0 spiro atoms. The van der Waals surface area contributed by atoms with Gasteiger partial charge in [0.2, 0.25) is 0 Å². The quantitative estimate of drug-likeness (QED) is 0.278. The lowest BCUT2D eigenvalue weighted by atomic mass is 9.45. The number of fused-ring (bicyclic) bond motifs is 3. The van der Waals surface area contributed by atoms with Gasteiger partial charge in [0.05, 0.1) is 6.61 Å². The van der Waals surface area contributed by atoms with Gasteiger partial charge in [0.15, 0.2) is 0 Å². The average molecular weight is 580 g/mol. The number of amides is 2. The first-order chi connectivity index (χ1) is 16.3. The molecule has 3 aliphatic carbocycles. The van der Waals surface area contributed by atoms with Crippen molar-refractivity contribution in [3.05, 3.63) is 35.8 Å². The van der Waals surface area contributed by atoms with Crippen LogP contribution in [0.1, 0.15) is 61.0 Å². The van der Waals surface area contributed by atoms with E-state index in [-0.39, 0.29) is 30.7 Å². The first-order valence-electron chi connectivity index (χ1n) is 12.1. The number of rotatable bonds is 9. The van der Waals surface area contributed by atoms with E-state index in [4.69, 9.17) is 4.74 Å². The Labute approximate surface area is 213 Å². The molecule has 4 atom stereocenters. The van der Waals surface area contributed by atoms with Crippen molar-refractivity contribution in [3.8, 4) is 0 Å². The fraction of sp³-hybridized carbons (Fsp3) is 0.600. The van der Waals surface area contributed by atoms with Crippen molar-refractivity contribution in [3.63, 3.8) is 0 Å². The molecule has 2 aromatic rings. The summed E-state index contributed by atoms with van der Waals surface area (Å²) >= 11 is 2.51. The van der Waals surface area contributed by atoms with E-state index in [1.165, 1.54) is 28.6 Å². The van der Waals surface area contributed by atoms with Crippen LogP contribution >= 0.6 is 22.6 Å². The summed E-state index contributed by atoms with van der Waals surface area (Å²) in [4.78, 5) is 43.7. The second-order valence-corrected chi connectivity index (χ2v) is 10.4. The van der Waals surface area contributed by atoms with Gasteiger partial charge >= 0.3 is 5.97 Å². The highest BCUT2D eigenvalue weighted by molar-refractivity contribution is 14.1. The summed E-state index contributed by atoms with van der Waals surface area (Å²) in [6, 6.07) is 5.27. The Balaban J connectivity index is 1.47. The highest BCUT2D eigenvalue weighted by atomic mass is 127. The lowest BCUT2D eigenvalue weighted by Gasteiger charge is -2.61. The maximum Gasteiger partial charge on any atom is 0.325 e. The van der Waals surface area contributed by atoms with Crippen molar-refractivity contribution < 1.29 is 19.1 Å². The smallest absolute Gasteiger partial charge is 0.325 e. The van der Waals surface area contributed by atoms with Gasteiger partial charge in [-0.05, 0) is 68.4 Å². The molecular weight excluding hydrogens is 547 g/mol. The third-order valence-corrected chi connectivity index (χ3v) is 9.47. The summed E-state index contributed by atoms with van der Waals surface area (Å²) in [7, 11) is 0. The normalized spacial score (nSPS) is 25.5. The number of pyridine rings is 1. The minimum atomic E-state index is -0.458. The number of likely N-dealkylation sites (N-methyl/N-ethyl adjacent to an activating group) is 1. The third kappa shape index (κ3) is 4.55. The largest absolute Gasteiger partial charge is 0.465 e. The van der Waals surface area contributed by atoms with Crippen molar-refractivity contribution in [1.82, 2.24) is 19.6 Å². The fourth-order valence-corrected chi connectivity index (χ4v) is 6.89. The molecule has 34 heavy (non-hydrogen) atoms. The van der Waals surface area contributed by atoms with Crippen LogP contribution in [0, 0.1) is 23.2 Å². The second-order valence-electron chi connectivity index (χ2n) is 9.62. The van der Waals surface area contributed by atoms with E-state index in [0.29, 0.717) is 41.7 Å². The Morgan fingerprint density at radius 2 is 2.09 bits per heavy atom. The van der Waals surface area contributed by atoms with Crippen LogP contribution in [0.15, 0.2) is 24.4 Å². The standard InChI is InChI=1S/C25H33IN4O4/c1-4-29(14-22(31)34-5-2)24(33)19-13-30-20(7-6-8-21(30)28-19)23(32)27-12-16-9-10-17-11-18(16)25(17,3)15-26/h6-8,13,16-18H,4-5,9-12,14-15H2,1-3H3,(H,27,32)/t16-,17-,18-,25?/m0/s1. The Kier molecular flexibility index (Phi) is 7.49. The Morgan fingerprint density at radius 1 is 1.29 bits per heavy atom. The molecule has 184 valence electrons. The number of nitrogens with zero attached hydrogens (tertiary/aromatic N) is 3. The Bertz CT molecular complexity index is 1080. The maximum atomic E-state index is 13.1. The van der Waals surface area contributed by atoms with E-state index in [0.717, 1.165) is 5.92 Å². The van der Waals surface area contributed by atoms with E-state index >= 15 is 0 Å². The van der Waals surface area contributed by atoms with Crippen molar-refractivity contribution >= 4 is 46.0 Å². The zero-order chi connectivity index (χ0) is 24.5. The number of hydrogen-bond donors (Lipinski definition) is 1. The molecule has 3 fully saturated rings. The van der Waals surface area contributed by atoms with Crippen molar-refractivity contribution in [1.29, 1.82) is 0 Å². The van der Waals surface area contributed by atoms with E-state index in [1.54, 1.807) is 42.6 Å². The molecule has 0 aliphatic heterocycles. The minimum absolute atomic E-state index is 0.135. The zero-order valence-electron chi connectivity index (χ0n) is 20.1. The number of ether oxygens (including phenoxy) is 1. The highest BCUT2D eigenvalue weighted by Gasteiger charge is 2.56. The van der Waals surface area contributed by atoms with Gasteiger partial charge in [0.1, 0.15) is 23.6 Å². The van der Waals surface area contributed by atoms with Crippen LogP contribution in [0.4, 0.5) is 0 Å². The molecule has 0 saturated heterocycles.